The van der Waals surface area contributed by atoms with Crippen LogP contribution in [0.5, 0.6) is 0 Å². The average molecular weight is 257 g/mol. The molecule has 0 aliphatic carbocycles. The van der Waals surface area contributed by atoms with Gasteiger partial charge in [0.2, 0.25) is 0 Å². The summed E-state index contributed by atoms with van der Waals surface area (Å²) >= 11 is 0. The highest BCUT2D eigenvalue weighted by Crippen LogP contribution is 2.22. The van der Waals surface area contributed by atoms with Gasteiger partial charge < -0.3 is 10.8 Å². The van der Waals surface area contributed by atoms with Crippen molar-refractivity contribution in [2.45, 2.75) is 6.04 Å². The molecule has 1 heterocycles. The number of aliphatic hydroxyl groups is 1. The fourth-order valence-corrected chi connectivity index (χ4v) is 1.58. The maximum atomic E-state index is 13.6. The number of benzene rings is 1. The van der Waals surface area contributed by atoms with E-state index in [4.69, 9.17) is 10.8 Å². The third kappa shape index (κ3) is 1.98. The lowest BCUT2D eigenvalue weighted by atomic mass is 10.2. The van der Waals surface area contributed by atoms with E-state index in [1.165, 1.54) is 17.1 Å². The molecular formula is C11H10F3N3O. The van der Waals surface area contributed by atoms with Crippen molar-refractivity contribution in [2.24, 2.45) is 5.73 Å². The second kappa shape index (κ2) is 4.79. The van der Waals surface area contributed by atoms with Crippen molar-refractivity contribution in [3.05, 3.63) is 47.8 Å². The molecule has 1 unspecified atom stereocenters. The zero-order valence-electron chi connectivity index (χ0n) is 9.15. The number of hydrogen-bond acceptors (Lipinski definition) is 3. The van der Waals surface area contributed by atoms with Crippen molar-refractivity contribution in [3.63, 3.8) is 0 Å². The van der Waals surface area contributed by atoms with Gasteiger partial charge in [-0.2, -0.15) is 0 Å². The van der Waals surface area contributed by atoms with E-state index in [9.17, 15) is 13.2 Å². The quantitative estimate of drug-likeness (QED) is 0.814. The number of aliphatic hydroxyl groups excluding tert-OH is 1. The van der Waals surface area contributed by atoms with Gasteiger partial charge in [0.1, 0.15) is 0 Å². The van der Waals surface area contributed by atoms with Gasteiger partial charge in [-0.1, -0.05) is 0 Å². The second-order valence-corrected chi connectivity index (χ2v) is 3.67. The van der Waals surface area contributed by atoms with Crippen LogP contribution in [0.2, 0.25) is 0 Å². The van der Waals surface area contributed by atoms with Crippen molar-refractivity contribution in [1.82, 2.24) is 9.55 Å². The number of hydrogen-bond donors (Lipinski definition) is 2. The summed E-state index contributed by atoms with van der Waals surface area (Å²) in [6.45, 7) is -0.378. The third-order valence-electron chi connectivity index (χ3n) is 2.52. The fourth-order valence-electron chi connectivity index (χ4n) is 1.58. The number of nitrogens with two attached hydrogens (primary N) is 1. The average Bonchev–Trinajstić information content (AvgIpc) is 2.84. The highest BCUT2D eigenvalue weighted by molar-refractivity contribution is 5.37. The Morgan fingerprint density at radius 2 is 2.00 bits per heavy atom. The Bertz CT molecular complexity index is 571. The maximum Gasteiger partial charge on any atom is 0.196 e. The molecular weight excluding hydrogens is 247 g/mol. The number of nitrogens with zero attached hydrogens (tertiary/aromatic N) is 2. The molecule has 1 aromatic heterocycles. The van der Waals surface area contributed by atoms with Crippen LogP contribution in [0.25, 0.3) is 5.69 Å². The first-order valence-electron chi connectivity index (χ1n) is 5.08. The van der Waals surface area contributed by atoms with Crippen molar-refractivity contribution < 1.29 is 18.3 Å². The number of imidazole rings is 1. The summed E-state index contributed by atoms with van der Waals surface area (Å²) in [6, 6.07) is 1.09. The van der Waals surface area contributed by atoms with Crippen LogP contribution in [0, 0.1) is 17.5 Å². The van der Waals surface area contributed by atoms with Crippen LogP contribution in [0.4, 0.5) is 13.2 Å². The second-order valence-electron chi connectivity index (χ2n) is 3.67. The molecule has 0 fully saturated rings. The highest BCUT2D eigenvalue weighted by atomic mass is 19.2. The Balaban J connectivity index is 2.56. The molecule has 0 aliphatic heterocycles. The summed E-state index contributed by atoms with van der Waals surface area (Å²) in [6.07, 6.45) is 2.53. The van der Waals surface area contributed by atoms with Crippen LogP contribution in [0.15, 0.2) is 24.7 Å². The van der Waals surface area contributed by atoms with Gasteiger partial charge in [0, 0.05) is 0 Å². The first-order chi connectivity index (χ1) is 8.56. The van der Waals surface area contributed by atoms with E-state index >= 15 is 0 Å². The number of halogens is 3. The Morgan fingerprint density at radius 1 is 1.28 bits per heavy atom. The smallest absolute Gasteiger partial charge is 0.196 e. The summed E-state index contributed by atoms with van der Waals surface area (Å²) in [5.41, 5.74) is 5.67. The summed E-state index contributed by atoms with van der Waals surface area (Å²) in [5.74, 6) is -4.17. The molecule has 0 saturated carbocycles. The molecule has 0 amide bonds. The van der Waals surface area contributed by atoms with Crippen LogP contribution >= 0.6 is 0 Å². The SMILES string of the molecule is NC(CO)c1cncn1-c1ccc(F)c(F)c1F. The van der Waals surface area contributed by atoms with E-state index < -0.39 is 23.5 Å². The minimum absolute atomic E-state index is 0.217. The van der Waals surface area contributed by atoms with Gasteiger partial charge in [-0.25, -0.2) is 18.2 Å². The largest absolute Gasteiger partial charge is 0.394 e. The van der Waals surface area contributed by atoms with Crippen LogP contribution < -0.4 is 5.73 Å². The van der Waals surface area contributed by atoms with Gasteiger partial charge in [-0.15, -0.1) is 0 Å². The number of aromatic nitrogens is 2. The molecule has 0 aliphatic rings. The van der Waals surface area contributed by atoms with E-state index in [-0.39, 0.29) is 12.3 Å². The Kier molecular flexibility index (Phi) is 3.35. The van der Waals surface area contributed by atoms with Crippen molar-refractivity contribution >= 4 is 0 Å². The Morgan fingerprint density at radius 3 is 2.67 bits per heavy atom. The van der Waals surface area contributed by atoms with Gasteiger partial charge in [0.15, 0.2) is 17.5 Å². The van der Waals surface area contributed by atoms with Gasteiger partial charge in [-0.05, 0) is 12.1 Å². The molecule has 1 atom stereocenters. The van der Waals surface area contributed by atoms with Gasteiger partial charge in [-0.3, -0.25) is 4.57 Å². The molecule has 1 aromatic carbocycles. The summed E-state index contributed by atoms with van der Waals surface area (Å²) in [7, 11) is 0. The van der Waals surface area contributed by atoms with E-state index in [1.807, 2.05) is 0 Å². The monoisotopic (exact) mass is 257 g/mol. The van der Waals surface area contributed by atoms with Crippen LogP contribution in [0.3, 0.4) is 0 Å². The first kappa shape index (κ1) is 12.6. The molecule has 18 heavy (non-hydrogen) atoms. The Labute approximate surface area is 100 Å². The molecule has 0 saturated heterocycles. The zero-order valence-corrected chi connectivity index (χ0v) is 9.15. The molecule has 0 spiro atoms. The minimum atomic E-state index is -1.57. The van der Waals surface area contributed by atoms with E-state index in [2.05, 4.69) is 4.98 Å². The third-order valence-corrected chi connectivity index (χ3v) is 2.52. The van der Waals surface area contributed by atoms with Gasteiger partial charge in [0.25, 0.3) is 0 Å². The molecule has 2 rings (SSSR count). The molecule has 2 aromatic rings. The van der Waals surface area contributed by atoms with Crippen molar-refractivity contribution in [1.29, 1.82) is 0 Å². The predicted octanol–water partition coefficient (Wildman–Crippen LogP) is 1.28. The lowest BCUT2D eigenvalue weighted by Gasteiger charge is -2.13. The maximum absolute atomic E-state index is 13.6. The van der Waals surface area contributed by atoms with Gasteiger partial charge >= 0.3 is 0 Å². The van der Waals surface area contributed by atoms with Gasteiger partial charge in [0.05, 0.1) is 36.6 Å². The Hall–Kier alpha value is -1.86. The highest BCUT2D eigenvalue weighted by Gasteiger charge is 2.18. The topological polar surface area (TPSA) is 64.1 Å². The molecule has 3 N–H and O–H groups in total. The molecule has 0 bridgehead atoms. The summed E-state index contributed by atoms with van der Waals surface area (Å²) < 4.78 is 40.7. The fraction of sp³-hybridized carbons (Fsp3) is 0.182. The zero-order chi connectivity index (χ0) is 13.3. The van der Waals surface area contributed by atoms with Crippen LogP contribution in [0.1, 0.15) is 11.7 Å². The first-order valence-corrected chi connectivity index (χ1v) is 5.08. The van der Waals surface area contributed by atoms with E-state index in [0.717, 1.165) is 12.1 Å². The number of rotatable bonds is 3. The predicted molar refractivity (Wildman–Crippen MR) is 57.5 cm³/mol. The summed E-state index contributed by atoms with van der Waals surface area (Å²) in [4.78, 5) is 3.75. The van der Waals surface area contributed by atoms with E-state index in [1.54, 1.807) is 0 Å². The lowest BCUT2D eigenvalue weighted by Crippen LogP contribution is -2.18. The minimum Gasteiger partial charge on any atom is -0.394 e. The summed E-state index contributed by atoms with van der Waals surface area (Å²) in [5, 5.41) is 8.95. The molecule has 0 radical (unpaired) electrons. The normalized spacial score (nSPS) is 12.7. The van der Waals surface area contributed by atoms with Crippen molar-refractivity contribution in [3.8, 4) is 5.69 Å². The molecule has 96 valence electrons. The standard InChI is InChI=1S/C11H10F3N3O/c12-6-1-2-8(11(14)10(6)13)17-5-16-3-9(17)7(15)4-18/h1-3,5,7,18H,4,15H2. The van der Waals surface area contributed by atoms with Crippen LogP contribution in [-0.2, 0) is 0 Å². The van der Waals surface area contributed by atoms with Crippen LogP contribution in [-0.4, -0.2) is 21.3 Å². The lowest BCUT2D eigenvalue weighted by molar-refractivity contribution is 0.264. The molecule has 4 nitrogen and oxygen atoms in total. The van der Waals surface area contributed by atoms with E-state index in [0.29, 0.717) is 5.69 Å². The van der Waals surface area contributed by atoms with Crippen molar-refractivity contribution in [2.75, 3.05) is 6.61 Å². The molecule has 7 heteroatoms.